The Morgan fingerprint density at radius 2 is 2.24 bits per heavy atom. The summed E-state index contributed by atoms with van der Waals surface area (Å²) in [6.07, 6.45) is 10.4. The summed E-state index contributed by atoms with van der Waals surface area (Å²) in [5.74, 6) is 1.56. The summed E-state index contributed by atoms with van der Waals surface area (Å²) >= 11 is 0. The Kier molecular flexibility index (Phi) is 2.63. The molecule has 0 aromatic carbocycles. The van der Waals surface area contributed by atoms with Gasteiger partial charge in [0.1, 0.15) is 0 Å². The van der Waals surface area contributed by atoms with Gasteiger partial charge >= 0.3 is 0 Å². The first kappa shape index (κ1) is 13.1. The van der Waals surface area contributed by atoms with Crippen LogP contribution in [0.3, 0.4) is 0 Å². The van der Waals surface area contributed by atoms with Crippen molar-refractivity contribution in [1.82, 2.24) is 15.1 Å². The van der Waals surface area contributed by atoms with Gasteiger partial charge in [0.2, 0.25) is 5.91 Å². The van der Waals surface area contributed by atoms with E-state index in [2.05, 4.69) is 29.5 Å². The second kappa shape index (κ2) is 4.21. The van der Waals surface area contributed by atoms with E-state index in [1.807, 2.05) is 24.9 Å². The molecule has 0 unspecified atom stereocenters. The Labute approximate surface area is 125 Å². The molecule has 2 bridgehead atoms. The number of nitrogens with one attached hydrogen (secondary N) is 1. The molecular weight excluding hydrogens is 262 g/mol. The third-order valence-corrected chi connectivity index (χ3v) is 5.94. The lowest BCUT2D eigenvalue weighted by molar-refractivity contribution is -0.126. The maximum absolute atomic E-state index is 12.7. The molecule has 1 spiro atoms. The van der Waals surface area contributed by atoms with E-state index in [4.69, 9.17) is 0 Å². The van der Waals surface area contributed by atoms with Gasteiger partial charge in [-0.05, 0) is 50.4 Å². The van der Waals surface area contributed by atoms with E-state index in [9.17, 15) is 4.79 Å². The van der Waals surface area contributed by atoms with Gasteiger partial charge in [0, 0.05) is 24.7 Å². The Bertz CT molecular complexity index is 626. The van der Waals surface area contributed by atoms with Gasteiger partial charge in [-0.15, -0.1) is 0 Å². The first-order valence-electron chi connectivity index (χ1n) is 8.00. The zero-order valence-corrected chi connectivity index (χ0v) is 13.0. The van der Waals surface area contributed by atoms with E-state index >= 15 is 0 Å². The standard InChI is InChI=1S/C17H23N3O/c1-10(14-9-20(3)19-11(14)2)18-16(21)13-8-12-4-5-15(13)17(12)6-7-17/h4-5,9-10,12-13,15H,6-8H2,1-3H3,(H,18,21)/t10-,12+,13-,15+/m0/s1. The SMILES string of the molecule is Cc1nn(C)cc1[C@H](C)NC(=O)[C@H]1C[C@H]2C=C[C@H]1C21CC1. The lowest BCUT2D eigenvalue weighted by atomic mass is 9.88. The zero-order chi connectivity index (χ0) is 14.8. The fourth-order valence-electron chi connectivity index (χ4n) is 4.71. The summed E-state index contributed by atoms with van der Waals surface area (Å²) in [5, 5.41) is 7.58. The number of nitrogens with zero attached hydrogens (tertiary/aromatic N) is 2. The number of amides is 1. The van der Waals surface area contributed by atoms with Gasteiger partial charge in [-0.2, -0.15) is 5.10 Å². The molecule has 1 aromatic heterocycles. The van der Waals surface area contributed by atoms with Crippen molar-refractivity contribution < 1.29 is 4.79 Å². The summed E-state index contributed by atoms with van der Waals surface area (Å²) in [5.41, 5.74) is 2.60. The van der Waals surface area contributed by atoms with E-state index in [0.29, 0.717) is 17.3 Å². The van der Waals surface area contributed by atoms with Gasteiger partial charge in [0.05, 0.1) is 11.7 Å². The number of carbonyl (C=O) groups is 1. The van der Waals surface area contributed by atoms with Crippen LogP contribution >= 0.6 is 0 Å². The van der Waals surface area contributed by atoms with Crippen molar-refractivity contribution in [2.75, 3.05) is 0 Å². The normalized spacial score (nSPS) is 32.6. The Morgan fingerprint density at radius 1 is 1.48 bits per heavy atom. The minimum atomic E-state index is 0.0319. The summed E-state index contributed by atoms with van der Waals surface area (Å²) in [6, 6.07) is 0.0319. The fourth-order valence-corrected chi connectivity index (χ4v) is 4.71. The third-order valence-electron chi connectivity index (χ3n) is 5.94. The molecule has 1 amide bonds. The quantitative estimate of drug-likeness (QED) is 0.867. The number of rotatable bonds is 3. The minimum Gasteiger partial charge on any atom is -0.349 e. The van der Waals surface area contributed by atoms with Crippen molar-refractivity contribution in [3.05, 3.63) is 29.6 Å². The van der Waals surface area contributed by atoms with Crippen molar-refractivity contribution in [3.63, 3.8) is 0 Å². The molecule has 4 nitrogen and oxygen atoms in total. The van der Waals surface area contributed by atoms with Crippen LogP contribution in [-0.2, 0) is 11.8 Å². The number of allylic oxidation sites excluding steroid dienone is 2. The molecule has 0 aliphatic heterocycles. The molecule has 1 aromatic rings. The molecule has 1 heterocycles. The Balaban J connectivity index is 1.47. The largest absolute Gasteiger partial charge is 0.349 e. The molecule has 0 saturated heterocycles. The Morgan fingerprint density at radius 3 is 2.81 bits per heavy atom. The van der Waals surface area contributed by atoms with Gasteiger partial charge in [0.25, 0.3) is 0 Å². The average Bonchev–Trinajstić information content (AvgIpc) is 2.97. The monoisotopic (exact) mass is 285 g/mol. The van der Waals surface area contributed by atoms with E-state index in [0.717, 1.165) is 17.7 Å². The van der Waals surface area contributed by atoms with Crippen LogP contribution in [0.25, 0.3) is 0 Å². The van der Waals surface area contributed by atoms with E-state index < -0.39 is 0 Å². The number of hydrogen-bond acceptors (Lipinski definition) is 2. The summed E-state index contributed by atoms with van der Waals surface area (Å²) in [7, 11) is 1.92. The topological polar surface area (TPSA) is 46.9 Å². The highest BCUT2D eigenvalue weighted by Gasteiger charge is 2.64. The molecule has 3 aliphatic carbocycles. The molecule has 21 heavy (non-hydrogen) atoms. The summed E-state index contributed by atoms with van der Waals surface area (Å²) in [6.45, 7) is 4.05. The lowest BCUT2D eigenvalue weighted by Crippen LogP contribution is -2.35. The maximum Gasteiger partial charge on any atom is 0.224 e. The van der Waals surface area contributed by atoms with E-state index in [1.54, 1.807) is 0 Å². The number of carbonyl (C=O) groups excluding carboxylic acids is 1. The van der Waals surface area contributed by atoms with Crippen molar-refractivity contribution in [3.8, 4) is 0 Å². The molecule has 4 rings (SSSR count). The lowest BCUT2D eigenvalue weighted by Gasteiger charge is -2.22. The van der Waals surface area contributed by atoms with Gasteiger partial charge in [-0.1, -0.05) is 12.2 Å². The predicted molar refractivity (Wildman–Crippen MR) is 80.4 cm³/mol. The number of aryl methyl sites for hydroxylation is 2. The zero-order valence-electron chi connectivity index (χ0n) is 13.0. The van der Waals surface area contributed by atoms with Crippen LogP contribution in [0.2, 0.25) is 0 Å². The van der Waals surface area contributed by atoms with Crippen LogP contribution in [0.5, 0.6) is 0 Å². The van der Waals surface area contributed by atoms with Crippen LogP contribution in [0, 0.1) is 30.1 Å². The van der Waals surface area contributed by atoms with Crippen LogP contribution in [0.15, 0.2) is 18.3 Å². The van der Waals surface area contributed by atoms with Crippen molar-refractivity contribution in [2.24, 2.45) is 30.2 Å². The van der Waals surface area contributed by atoms with Gasteiger partial charge in [-0.3, -0.25) is 9.48 Å². The molecule has 2 fully saturated rings. The van der Waals surface area contributed by atoms with Gasteiger partial charge < -0.3 is 5.32 Å². The first-order chi connectivity index (χ1) is 10.0. The highest BCUT2D eigenvalue weighted by atomic mass is 16.2. The molecule has 1 N–H and O–H groups in total. The fraction of sp³-hybridized carbons (Fsp3) is 0.647. The van der Waals surface area contributed by atoms with E-state index in [1.165, 1.54) is 12.8 Å². The van der Waals surface area contributed by atoms with Crippen molar-refractivity contribution >= 4 is 5.91 Å². The highest BCUT2D eigenvalue weighted by molar-refractivity contribution is 5.81. The van der Waals surface area contributed by atoms with Crippen LogP contribution in [0.4, 0.5) is 0 Å². The molecule has 2 saturated carbocycles. The smallest absolute Gasteiger partial charge is 0.224 e. The second-order valence-corrected chi connectivity index (χ2v) is 7.17. The number of aromatic nitrogens is 2. The number of hydrogen-bond donors (Lipinski definition) is 1. The molecule has 112 valence electrons. The second-order valence-electron chi connectivity index (χ2n) is 7.17. The maximum atomic E-state index is 12.7. The molecule has 4 heteroatoms. The van der Waals surface area contributed by atoms with Crippen molar-refractivity contribution in [2.45, 2.75) is 39.2 Å². The molecule has 4 atom stereocenters. The summed E-state index contributed by atoms with van der Waals surface area (Å²) in [4.78, 5) is 12.7. The molecule has 0 radical (unpaired) electrons. The van der Waals surface area contributed by atoms with Crippen molar-refractivity contribution in [1.29, 1.82) is 0 Å². The van der Waals surface area contributed by atoms with Gasteiger partial charge in [-0.25, -0.2) is 0 Å². The minimum absolute atomic E-state index is 0.0319. The van der Waals surface area contributed by atoms with Crippen LogP contribution in [0.1, 0.15) is 43.5 Å². The van der Waals surface area contributed by atoms with E-state index in [-0.39, 0.29) is 17.9 Å². The summed E-state index contributed by atoms with van der Waals surface area (Å²) < 4.78 is 1.81. The Hall–Kier alpha value is -1.58. The highest BCUT2D eigenvalue weighted by Crippen LogP contribution is 2.70. The van der Waals surface area contributed by atoms with Gasteiger partial charge in [0.15, 0.2) is 0 Å². The third kappa shape index (κ3) is 1.81. The average molecular weight is 285 g/mol. The molecular formula is C17H23N3O. The van der Waals surface area contributed by atoms with Crippen LogP contribution < -0.4 is 5.32 Å². The molecule has 3 aliphatic rings. The van der Waals surface area contributed by atoms with Crippen LogP contribution in [-0.4, -0.2) is 15.7 Å². The predicted octanol–water partition coefficient (Wildman–Crippen LogP) is 2.51. The first-order valence-corrected chi connectivity index (χ1v) is 8.00.